The van der Waals surface area contributed by atoms with Crippen molar-refractivity contribution in [2.24, 2.45) is 0 Å². The van der Waals surface area contributed by atoms with Gasteiger partial charge in [-0.25, -0.2) is 4.79 Å². The maximum atomic E-state index is 11.0. The van der Waals surface area contributed by atoms with Gasteiger partial charge in [0.1, 0.15) is 0 Å². The molecule has 0 bridgehead atoms. The second kappa shape index (κ2) is 3.96. The SMILES string of the molecule is CNC(=O)NC1CCCC(C)(O)C1. The van der Waals surface area contributed by atoms with Gasteiger partial charge in [-0.15, -0.1) is 0 Å². The van der Waals surface area contributed by atoms with Crippen LogP contribution < -0.4 is 10.6 Å². The Kier molecular flexibility index (Phi) is 3.14. The summed E-state index contributed by atoms with van der Waals surface area (Å²) in [6, 6.07) is -0.0496. The first-order chi connectivity index (χ1) is 6.03. The van der Waals surface area contributed by atoms with Crippen LogP contribution in [0, 0.1) is 0 Å². The van der Waals surface area contributed by atoms with Gasteiger partial charge in [-0.1, -0.05) is 0 Å². The molecule has 0 saturated heterocycles. The Balaban J connectivity index is 2.39. The van der Waals surface area contributed by atoms with Gasteiger partial charge >= 0.3 is 6.03 Å². The van der Waals surface area contributed by atoms with Crippen molar-refractivity contribution in [3.8, 4) is 0 Å². The van der Waals surface area contributed by atoms with Gasteiger partial charge in [0, 0.05) is 13.1 Å². The van der Waals surface area contributed by atoms with Crippen LogP contribution in [0.15, 0.2) is 0 Å². The molecule has 1 rings (SSSR count). The topological polar surface area (TPSA) is 61.4 Å². The van der Waals surface area contributed by atoms with Crippen LogP contribution in [0.4, 0.5) is 4.79 Å². The highest BCUT2D eigenvalue weighted by molar-refractivity contribution is 5.73. The standard InChI is InChI=1S/C9H18N2O2/c1-9(13)5-3-4-7(6-9)11-8(12)10-2/h7,13H,3-6H2,1-2H3,(H2,10,11,12). The van der Waals surface area contributed by atoms with Gasteiger partial charge in [-0.05, 0) is 32.6 Å². The molecular formula is C9H18N2O2. The molecule has 0 radical (unpaired) electrons. The molecule has 76 valence electrons. The number of aliphatic hydroxyl groups is 1. The number of amides is 2. The van der Waals surface area contributed by atoms with E-state index in [2.05, 4.69) is 10.6 Å². The Morgan fingerprint density at radius 3 is 2.85 bits per heavy atom. The first-order valence-electron chi connectivity index (χ1n) is 4.74. The molecule has 4 heteroatoms. The Labute approximate surface area is 78.7 Å². The fourth-order valence-corrected chi connectivity index (χ4v) is 1.85. The molecule has 1 fully saturated rings. The van der Waals surface area contributed by atoms with Crippen molar-refractivity contribution < 1.29 is 9.90 Å². The number of hydrogen-bond donors (Lipinski definition) is 3. The number of nitrogens with one attached hydrogen (secondary N) is 2. The van der Waals surface area contributed by atoms with Crippen molar-refractivity contribution in [2.45, 2.75) is 44.2 Å². The summed E-state index contributed by atoms with van der Waals surface area (Å²) in [4.78, 5) is 11.0. The van der Waals surface area contributed by atoms with E-state index in [0.717, 1.165) is 19.3 Å². The average Bonchev–Trinajstić information content (AvgIpc) is 2.02. The van der Waals surface area contributed by atoms with Crippen LogP contribution in [0.5, 0.6) is 0 Å². The molecule has 0 aromatic carbocycles. The van der Waals surface area contributed by atoms with Crippen LogP contribution in [-0.2, 0) is 0 Å². The summed E-state index contributed by atoms with van der Waals surface area (Å²) in [6.45, 7) is 1.82. The van der Waals surface area contributed by atoms with Gasteiger partial charge in [-0.3, -0.25) is 0 Å². The normalized spacial score (nSPS) is 33.9. The highest BCUT2D eigenvalue weighted by Gasteiger charge is 2.30. The Morgan fingerprint density at radius 1 is 1.62 bits per heavy atom. The molecule has 0 aromatic rings. The minimum atomic E-state index is -0.607. The lowest BCUT2D eigenvalue weighted by Crippen LogP contribution is -2.46. The van der Waals surface area contributed by atoms with Crippen molar-refractivity contribution in [1.29, 1.82) is 0 Å². The van der Waals surface area contributed by atoms with E-state index in [1.54, 1.807) is 7.05 Å². The molecule has 0 aliphatic heterocycles. The third kappa shape index (κ3) is 3.22. The van der Waals surface area contributed by atoms with E-state index in [1.165, 1.54) is 0 Å². The largest absolute Gasteiger partial charge is 0.390 e. The molecule has 4 nitrogen and oxygen atoms in total. The van der Waals surface area contributed by atoms with Crippen molar-refractivity contribution in [2.75, 3.05) is 7.05 Å². The molecule has 1 saturated carbocycles. The summed E-state index contributed by atoms with van der Waals surface area (Å²) in [7, 11) is 1.59. The van der Waals surface area contributed by atoms with Gasteiger partial charge in [0.2, 0.25) is 0 Å². The molecule has 0 spiro atoms. The molecule has 2 atom stereocenters. The number of carbonyl (C=O) groups is 1. The molecule has 1 aliphatic carbocycles. The van der Waals surface area contributed by atoms with Crippen molar-refractivity contribution >= 4 is 6.03 Å². The zero-order valence-corrected chi connectivity index (χ0v) is 8.26. The number of hydrogen-bond acceptors (Lipinski definition) is 2. The van der Waals surface area contributed by atoms with E-state index in [1.807, 2.05) is 6.92 Å². The Morgan fingerprint density at radius 2 is 2.31 bits per heavy atom. The molecule has 3 N–H and O–H groups in total. The van der Waals surface area contributed by atoms with Gasteiger partial charge in [-0.2, -0.15) is 0 Å². The molecule has 0 heterocycles. The molecule has 13 heavy (non-hydrogen) atoms. The minimum Gasteiger partial charge on any atom is -0.390 e. The fourth-order valence-electron chi connectivity index (χ4n) is 1.85. The second-order valence-corrected chi connectivity index (χ2v) is 4.01. The summed E-state index contributed by atoms with van der Waals surface area (Å²) in [5, 5.41) is 15.1. The summed E-state index contributed by atoms with van der Waals surface area (Å²) in [6.07, 6.45) is 3.42. The minimum absolute atomic E-state index is 0.115. The van der Waals surface area contributed by atoms with Crippen LogP contribution in [0.3, 0.4) is 0 Å². The summed E-state index contributed by atoms with van der Waals surface area (Å²) >= 11 is 0. The summed E-state index contributed by atoms with van der Waals surface area (Å²) < 4.78 is 0. The van der Waals surface area contributed by atoms with Crippen molar-refractivity contribution in [1.82, 2.24) is 10.6 Å². The van der Waals surface area contributed by atoms with Gasteiger partial charge in [0.15, 0.2) is 0 Å². The van der Waals surface area contributed by atoms with Crippen molar-refractivity contribution in [3.63, 3.8) is 0 Å². The second-order valence-electron chi connectivity index (χ2n) is 4.01. The Bertz CT molecular complexity index is 192. The quantitative estimate of drug-likeness (QED) is 0.562. The first-order valence-corrected chi connectivity index (χ1v) is 4.74. The maximum absolute atomic E-state index is 11.0. The smallest absolute Gasteiger partial charge is 0.314 e. The number of carbonyl (C=O) groups excluding carboxylic acids is 1. The zero-order valence-electron chi connectivity index (χ0n) is 8.26. The zero-order chi connectivity index (χ0) is 9.90. The third-order valence-corrected chi connectivity index (χ3v) is 2.52. The van der Waals surface area contributed by atoms with E-state index in [-0.39, 0.29) is 12.1 Å². The number of urea groups is 1. The van der Waals surface area contributed by atoms with Crippen LogP contribution in [0.1, 0.15) is 32.6 Å². The van der Waals surface area contributed by atoms with Gasteiger partial charge in [0.25, 0.3) is 0 Å². The van der Waals surface area contributed by atoms with Crippen LogP contribution in [0.2, 0.25) is 0 Å². The van der Waals surface area contributed by atoms with Crippen LogP contribution >= 0.6 is 0 Å². The van der Waals surface area contributed by atoms with E-state index < -0.39 is 5.60 Å². The lowest BCUT2D eigenvalue weighted by molar-refractivity contribution is 0.0119. The predicted molar refractivity (Wildman–Crippen MR) is 50.5 cm³/mol. The van der Waals surface area contributed by atoms with E-state index in [4.69, 9.17) is 0 Å². The highest BCUT2D eigenvalue weighted by atomic mass is 16.3. The first kappa shape index (κ1) is 10.3. The van der Waals surface area contributed by atoms with Crippen LogP contribution in [-0.4, -0.2) is 29.8 Å². The third-order valence-electron chi connectivity index (χ3n) is 2.52. The monoisotopic (exact) mass is 186 g/mol. The van der Waals surface area contributed by atoms with E-state index >= 15 is 0 Å². The average molecular weight is 186 g/mol. The van der Waals surface area contributed by atoms with E-state index in [0.29, 0.717) is 6.42 Å². The van der Waals surface area contributed by atoms with Crippen LogP contribution in [0.25, 0.3) is 0 Å². The molecule has 2 unspecified atom stereocenters. The summed E-state index contributed by atoms with van der Waals surface area (Å²) in [5.74, 6) is 0. The molecule has 1 aliphatic rings. The highest BCUT2D eigenvalue weighted by Crippen LogP contribution is 2.27. The van der Waals surface area contributed by atoms with Gasteiger partial charge < -0.3 is 15.7 Å². The molecular weight excluding hydrogens is 168 g/mol. The summed E-state index contributed by atoms with van der Waals surface area (Å²) in [5.41, 5.74) is -0.607. The predicted octanol–water partition coefficient (Wildman–Crippen LogP) is 0.609. The van der Waals surface area contributed by atoms with E-state index in [9.17, 15) is 9.90 Å². The maximum Gasteiger partial charge on any atom is 0.314 e. The fraction of sp³-hybridized carbons (Fsp3) is 0.889. The molecule has 0 aromatic heterocycles. The van der Waals surface area contributed by atoms with Gasteiger partial charge in [0.05, 0.1) is 5.60 Å². The van der Waals surface area contributed by atoms with Crippen molar-refractivity contribution in [3.05, 3.63) is 0 Å². The number of rotatable bonds is 1. The molecule has 2 amide bonds. The lowest BCUT2D eigenvalue weighted by Gasteiger charge is -2.34. The lowest BCUT2D eigenvalue weighted by atomic mass is 9.83. The Hall–Kier alpha value is -0.770.